The van der Waals surface area contributed by atoms with Crippen LogP contribution in [0.1, 0.15) is 2.74 Å². The minimum absolute atomic E-state index is 1.95. The first kappa shape index (κ1) is 6.98. The number of carbonyl (C=O) groups is 1. The second-order valence-electron chi connectivity index (χ2n) is 1.40. The van der Waals surface area contributed by atoms with E-state index in [1.165, 1.54) is 0 Å². The number of hydrogen-bond acceptors (Lipinski definition) is 5. The smallest absolute Gasteiger partial charge is 0.397 e. The van der Waals surface area contributed by atoms with Crippen LogP contribution in [0, 0.1) is 0 Å². The van der Waals surface area contributed by atoms with Crippen molar-refractivity contribution in [2.75, 3.05) is 6.58 Å². The summed E-state index contributed by atoms with van der Waals surface area (Å²) in [6, 6.07) is -2.96. The standard InChI is InChI=1S/C3H7NO6S/c4-2(3(5)6)1-10-11(7,8)9/h2H,1,4H2,(H,5,6)(H,7,8,9)/t2-/m1/s1/i1D,2D/t1-,2-. The van der Waals surface area contributed by atoms with Crippen LogP contribution in [0.3, 0.4) is 0 Å². The predicted molar refractivity (Wildman–Crippen MR) is 33.1 cm³/mol. The summed E-state index contributed by atoms with van der Waals surface area (Å²) in [4.78, 5) is 10.2. The van der Waals surface area contributed by atoms with Gasteiger partial charge in [-0.2, -0.15) is 8.42 Å². The highest BCUT2D eigenvalue weighted by molar-refractivity contribution is 7.80. The molecule has 0 rings (SSSR count). The fourth-order valence-electron chi connectivity index (χ4n) is 0.163. The summed E-state index contributed by atoms with van der Waals surface area (Å²) in [5, 5.41) is 8.22. The molecule has 66 valence electrons. The van der Waals surface area contributed by atoms with E-state index >= 15 is 0 Å². The van der Waals surface area contributed by atoms with Crippen molar-refractivity contribution >= 4 is 16.4 Å². The van der Waals surface area contributed by atoms with Crippen LogP contribution in [0.4, 0.5) is 0 Å². The molecule has 0 unspecified atom stereocenters. The van der Waals surface area contributed by atoms with Crippen molar-refractivity contribution in [2.45, 2.75) is 6.02 Å². The Morgan fingerprint density at radius 1 is 1.91 bits per heavy atom. The summed E-state index contributed by atoms with van der Waals surface area (Å²) in [5.74, 6) is -1.95. The minimum Gasteiger partial charge on any atom is -0.480 e. The Bertz CT molecular complexity index is 299. The Balaban J connectivity index is 4.62. The lowest BCUT2D eigenvalue weighted by Gasteiger charge is -2.03. The number of carboxylic acid groups (broad SMARTS) is 1. The Labute approximate surface area is 65.5 Å². The fraction of sp³-hybridized carbons (Fsp3) is 0.667. The molecule has 0 aromatic rings. The van der Waals surface area contributed by atoms with E-state index in [4.69, 9.17) is 12.4 Å². The van der Waals surface area contributed by atoms with Gasteiger partial charge in [-0.25, -0.2) is 4.18 Å². The van der Waals surface area contributed by atoms with Crippen molar-refractivity contribution in [3.8, 4) is 0 Å². The van der Waals surface area contributed by atoms with Crippen molar-refractivity contribution in [2.24, 2.45) is 5.73 Å². The van der Waals surface area contributed by atoms with Gasteiger partial charge in [0, 0.05) is 0 Å². The molecule has 8 heteroatoms. The third kappa shape index (κ3) is 5.73. The predicted octanol–water partition coefficient (Wildman–Crippen LogP) is -1.78. The molecule has 0 aromatic carbocycles. The normalized spacial score (nSPS) is 22.7. The number of nitrogens with two attached hydrogens (primary N) is 1. The number of hydrogen-bond donors (Lipinski definition) is 3. The molecule has 0 bridgehead atoms. The third-order valence-electron chi connectivity index (χ3n) is 0.544. The third-order valence-corrected chi connectivity index (χ3v) is 0.883. The topological polar surface area (TPSA) is 127 Å². The molecule has 2 atom stereocenters. The van der Waals surface area contributed by atoms with Crippen molar-refractivity contribution in [1.82, 2.24) is 0 Å². The average molecular weight is 187 g/mol. The first-order chi connectivity index (χ1) is 5.57. The van der Waals surface area contributed by atoms with E-state index in [1.807, 2.05) is 0 Å². The molecule has 11 heavy (non-hydrogen) atoms. The van der Waals surface area contributed by atoms with E-state index in [1.54, 1.807) is 0 Å². The van der Waals surface area contributed by atoms with E-state index in [2.05, 4.69) is 9.92 Å². The summed E-state index contributed by atoms with van der Waals surface area (Å²) in [6.07, 6.45) is 0. The molecule has 0 aliphatic rings. The quantitative estimate of drug-likeness (QED) is 0.444. The van der Waals surface area contributed by atoms with Gasteiger partial charge in [0.05, 0.1) is 9.32 Å². The molecular formula is C3H7NO6S. The molecule has 0 aliphatic carbocycles. The zero-order chi connectivity index (χ0) is 10.9. The zero-order valence-corrected chi connectivity index (χ0v) is 5.91. The van der Waals surface area contributed by atoms with Crippen molar-refractivity contribution in [3.05, 3.63) is 0 Å². The van der Waals surface area contributed by atoms with E-state index in [0.717, 1.165) is 0 Å². The minimum atomic E-state index is -4.99. The Kier molecular flexibility index (Phi) is 2.30. The van der Waals surface area contributed by atoms with Crippen LogP contribution < -0.4 is 5.73 Å². The maximum Gasteiger partial charge on any atom is 0.397 e. The Hall–Kier alpha value is -0.700. The largest absolute Gasteiger partial charge is 0.480 e. The van der Waals surface area contributed by atoms with Crippen LogP contribution in [0.5, 0.6) is 0 Å². The molecule has 0 aliphatic heterocycles. The first-order valence-corrected chi connectivity index (χ1v) is 3.54. The maximum absolute atomic E-state index is 10.2. The van der Waals surface area contributed by atoms with Crippen molar-refractivity contribution in [3.63, 3.8) is 0 Å². The number of rotatable bonds is 4. The lowest BCUT2D eigenvalue weighted by Crippen LogP contribution is -2.35. The fourth-order valence-corrected chi connectivity index (χ4v) is 0.388. The molecular weight excluding hydrogens is 178 g/mol. The van der Waals surface area contributed by atoms with Gasteiger partial charge < -0.3 is 10.8 Å². The second kappa shape index (κ2) is 3.62. The molecule has 0 fully saturated rings. The SMILES string of the molecule is [2H][C@@H](OS(=O)(=O)O)[C@@]([2H])(N)C(=O)O. The highest BCUT2D eigenvalue weighted by Gasteiger charge is 2.15. The number of aliphatic carboxylic acids is 1. The van der Waals surface area contributed by atoms with Gasteiger partial charge in [-0.3, -0.25) is 9.35 Å². The van der Waals surface area contributed by atoms with Gasteiger partial charge >= 0.3 is 16.4 Å². The van der Waals surface area contributed by atoms with Crippen molar-refractivity contribution in [1.29, 1.82) is 0 Å². The van der Waals surface area contributed by atoms with Gasteiger partial charge in [-0.15, -0.1) is 0 Å². The highest BCUT2D eigenvalue weighted by atomic mass is 32.3. The molecule has 0 heterocycles. The van der Waals surface area contributed by atoms with Crippen molar-refractivity contribution < 1.29 is 29.8 Å². The molecule has 0 amide bonds. The van der Waals surface area contributed by atoms with E-state index in [9.17, 15) is 13.2 Å². The van der Waals surface area contributed by atoms with Crippen LogP contribution in [-0.2, 0) is 19.4 Å². The molecule has 0 spiro atoms. The van der Waals surface area contributed by atoms with Gasteiger partial charge in [-0.05, 0) is 0 Å². The van der Waals surface area contributed by atoms with Gasteiger partial charge in [0.2, 0.25) is 0 Å². The zero-order valence-electron chi connectivity index (χ0n) is 7.09. The summed E-state index contributed by atoms with van der Waals surface area (Å²) < 4.78 is 44.9. The van der Waals surface area contributed by atoms with Gasteiger partial charge in [-0.1, -0.05) is 0 Å². The molecule has 0 saturated heterocycles. The van der Waals surface area contributed by atoms with Crippen LogP contribution in [-0.4, -0.2) is 36.6 Å². The Morgan fingerprint density at radius 3 is 2.64 bits per heavy atom. The van der Waals surface area contributed by atoms with Crippen LogP contribution in [0.25, 0.3) is 0 Å². The first-order valence-electron chi connectivity index (χ1n) is 3.25. The summed E-state index contributed by atoms with van der Waals surface area (Å²) in [5.41, 5.74) is 4.69. The van der Waals surface area contributed by atoms with Crippen LogP contribution in [0.2, 0.25) is 0 Å². The maximum atomic E-state index is 10.2. The van der Waals surface area contributed by atoms with Crippen LogP contribution >= 0.6 is 0 Å². The summed E-state index contributed by atoms with van der Waals surface area (Å²) in [7, 11) is -4.99. The molecule has 0 radical (unpaired) electrons. The lowest BCUT2D eigenvalue weighted by atomic mass is 10.3. The summed E-state index contributed by atoms with van der Waals surface area (Å²) in [6.45, 7) is -2.44. The molecule has 0 saturated carbocycles. The van der Waals surface area contributed by atoms with Gasteiger partial charge in [0.15, 0.2) is 0 Å². The monoisotopic (exact) mass is 187 g/mol. The van der Waals surface area contributed by atoms with Crippen LogP contribution in [0.15, 0.2) is 0 Å². The van der Waals surface area contributed by atoms with E-state index < -0.39 is 29.0 Å². The van der Waals surface area contributed by atoms with Gasteiger partial charge in [0.1, 0.15) is 6.02 Å². The lowest BCUT2D eigenvalue weighted by molar-refractivity contribution is -0.139. The second-order valence-corrected chi connectivity index (χ2v) is 2.45. The average Bonchev–Trinajstić information content (AvgIpc) is 1.82. The molecule has 7 nitrogen and oxygen atoms in total. The number of carboxylic acids is 1. The van der Waals surface area contributed by atoms with Gasteiger partial charge in [0.25, 0.3) is 0 Å². The molecule has 0 aromatic heterocycles. The highest BCUT2D eigenvalue weighted by Crippen LogP contribution is 1.88. The van der Waals surface area contributed by atoms with E-state index in [0.29, 0.717) is 0 Å². The summed E-state index contributed by atoms with van der Waals surface area (Å²) >= 11 is 0. The molecule has 4 N–H and O–H groups in total. The Morgan fingerprint density at radius 2 is 2.36 bits per heavy atom. The van der Waals surface area contributed by atoms with E-state index in [-0.39, 0.29) is 0 Å².